The second kappa shape index (κ2) is 25.6. The lowest BCUT2D eigenvalue weighted by Crippen LogP contribution is -2.51. The van der Waals surface area contributed by atoms with Gasteiger partial charge in [-0.3, -0.25) is 9.59 Å². The number of unbranched alkanes of at least 4 members (excludes halogenated alkanes) is 16. The fraction of sp³-hybridized carbons (Fsp3) is 0.903. The predicted molar refractivity (Wildman–Crippen MR) is 152 cm³/mol. The van der Waals surface area contributed by atoms with Crippen molar-refractivity contribution >= 4 is 17.9 Å². The van der Waals surface area contributed by atoms with E-state index in [0.29, 0.717) is 19.3 Å². The van der Waals surface area contributed by atoms with Crippen molar-refractivity contribution in [2.75, 3.05) is 26.2 Å². The zero-order valence-corrected chi connectivity index (χ0v) is 24.6. The summed E-state index contributed by atoms with van der Waals surface area (Å²) >= 11 is 0. The van der Waals surface area contributed by atoms with Crippen LogP contribution in [0.25, 0.3) is 0 Å². The molecule has 0 saturated carbocycles. The lowest BCUT2D eigenvalue weighted by molar-refractivity contribution is -0.929. The topological polar surface area (TPSA) is 115 Å². The smallest absolute Gasteiger partial charge is 0.303 e. The number of hydrogen-bond donors (Lipinski definition) is 2. The fourth-order valence-electron chi connectivity index (χ4n) is 5.48. The Morgan fingerprint density at radius 1 is 0.474 bits per heavy atom. The molecule has 7 heteroatoms. The molecular weight excluding hydrogens is 482 g/mol. The van der Waals surface area contributed by atoms with Crippen LogP contribution in [0.2, 0.25) is 0 Å². The van der Waals surface area contributed by atoms with Gasteiger partial charge < -0.3 is 24.6 Å². The van der Waals surface area contributed by atoms with Crippen LogP contribution in [0.3, 0.4) is 0 Å². The minimum Gasteiger partial charge on any atom is -0.550 e. The zero-order chi connectivity index (χ0) is 28.3. The quantitative estimate of drug-likeness (QED) is 0.0771. The Hall–Kier alpha value is -1.63. The van der Waals surface area contributed by atoms with E-state index in [9.17, 15) is 19.5 Å². The third kappa shape index (κ3) is 24.7. The van der Waals surface area contributed by atoms with Gasteiger partial charge in [0.25, 0.3) is 0 Å². The molecule has 0 fully saturated rings. The van der Waals surface area contributed by atoms with Crippen molar-refractivity contribution in [2.45, 2.75) is 155 Å². The Kier molecular flexibility index (Phi) is 24.5. The highest BCUT2D eigenvalue weighted by molar-refractivity contribution is 5.66. The molecule has 0 aliphatic rings. The van der Waals surface area contributed by atoms with Crippen molar-refractivity contribution in [1.29, 1.82) is 0 Å². The maximum Gasteiger partial charge on any atom is 0.303 e. The van der Waals surface area contributed by atoms with Gasteiger partial charge in [-0.05, 0) is 57.8 Å². The average Bonchev–Trinajstić information content (AvgIpc) is 2.87. The third-order valence-electron chi connectivity index (χ3n) is 7.80. The van der Waals surface area contributed by atoms with E-state index in [0.717, 1.165) is 56.3 Å². The van der Waals surface area contributed by atoms with Crippen molar-refractivity contribution in [1.82, 2.24) is 0 Å². The van der Waals surface area contributed by atoms with Gasteiger partial charge in [0.05, 0.1) is 26.2 Å². The van der Waals surface area contributed by atoms with E-state index < -0.39 is 17.9 Å². The number of carboxylic acids is 3. The van der Waals surface area contributed by atoms with Gasteiger partial charge in [0, 0.05) is 18.8 Å². The lowest BCUT2D eigenvalue weighted by Gasteiger charge is -2.39. The number of nitrogens with zero attached hydrogens (tertiary/aromatic N) is 1. The molecule has 0 atom stereocenters. The summed E-state index contributed by atoms with van der Waals surface area (Å²) < 4.78 is 0.852. The van der Waals surface area contributed by atoms with Crippen molar-refractivity contribution in [3.63, 3.8) is 0 Å². The van der Waals surface area contributed by atoms with Crippen LogP contribution in [-0.2, 0) is 14.4 Å². The highest BCUT2D eigenvalue weighted by atomic mass is 16.4. The van der Waals surface area contributed by atoms with Gasteiger partial charge >= 0.3 is 11.9 Å². The van der Waals surface area contributed by atoms with Crippen molar-refractivity contribution < 1.29 is 34.2 Å². The van der Waals surface area contributed by atoms with Gasteiger partial charge in [0.2, 0.25) is 0 Å². The summed E-state index contributed by atoms with van der Waals surface area (Å²) in [6, 6.07) is 0. The summed E-state index contributed by atoms with van der Waals surface area (Å²) in [6.45, 7) is 5.89. The molecule has 0 spiro atoms. The number of aliphatic carboxylic acids is 3. The fourth-order valence-corrected chi connectivity index (χ4v) is 5.48. The largest absolute Gasteiger partial charge is 0.550 e. The molecule has 0 heterocycles. The minimum absolute atomic E-state index is 0.0664. The van der Waals surface area contributed by atoms with Crippen LogP contribution < -0.4 is 5.11 Å². The molecule has 0 aromatic heterocycles. The summed E-state index contributed by atoms with van der Waals surface area (Å²) in [5.74, 6) is -2.56. The second-order valence-electron chi connectivity index (χ2n) is 11.4. The number of hydrogen-bond acceptors (Lipinski definition) is 4. The van der Waals surface area contributed by atoms with Gasteiger partial charge in [-0.25, -0.2) is 0 Å². The summed E-state index contributed by atoms with van der Waals surface area (Å²) in [5.41, 5.74) is 0. The molecule has 0 saturated heterocycles. The number of carbonyl (C=O) groups is 3. The SMILES string of the molecule is CCCCCCCCCCCCCCCC[N+](CCCCC(=O)[O-])(CCCCC(=O)O)CCCCC(=O)O. The maximum absolute atomic E-state index is 11.0. The van der Waals surface area contributed by atoms with Gasteiger partial charge in [-0.2, -0.15) is 0 Å². The predicted octanol–water partition coefficient (Wildman–Crippen LogP) is 6.71. The minimum atomic E-state index is -1.02. The van der Waals surface area contributed by atoms with E-state index in [2.05, 4.69) is 6.92 Å². The van der Waals surface area contributed by atoms with E-state index in [-0.39, 0.29) is 19.3 Å². The molecule has 7 nitrogen and oxygen atoms in total. The van der Waals surface area contributed by atoms with Crippen LogP contribution >= 0.6 is 0 Å². The Balaban J connectivity index is 4.50. The third-order valence-corrected chi connectivity index (χ3v) is 7.80. The molecule has 0 amide bonds. The molecular formula is C31H59NO6. The first kappa shape index (κ1) is 36.4. The monoisotopic (exact) mass is 541 g/mol. The molecule has 0 rings (SSSR count). The van der Waals surface area contributed by atoms with Crippen molar-refractivity contribution in [3.05, 3.63) is 0 Å². The van der Waals surface area contributed by atoms with Crippen LogP contribution in [0.5, 0.6) is 0 Å². The Labute approximate surface area is 233 Å². The van der Waals surface area contributed by atoms with E-state index in [1.54, 1.807) is 0 Å². The van der Waals surface area contributed by atoms with Crippen LogP contribution in [-0.4, -0.2) is 58.8 Å². The lowest BCUT2D eigenvalue weighted by atomic mass is 10.0. The molecule has 0 aliphatic heterocycles. The molecule has 38 heavy (non-hydrogen) atoms. The molecule has 0 aromatic rings. The molecule has 2 N–H and O–H groups in total. The van der Waals surface area contributed by atoms with Gasteiger partial charge in [-0.15, -0.1) is 0 Å². The molecule has 0 aliphatic carbocycles. The standard InChI is InChI=1S/C31H59NO6/c1-2-3-4-5-6-7-8-9-10-11-12-13-14-18-25-32(26-19-15-22-29(33)34,27-20-16-23-30(35)36)28-21-17-24-31(37)38/h2-28H2,1H3,(H2-,33,34,35,36,37,38). The first-order valence-corrected chi connectivity index (χ1v) is 15.8. The van der Waals surface area contributed by atoms with Crippen LogP contribution in [0.15, 0.2) is 0 Å². The van der Waals surface area contributed by atoms with E-state index in [1.807, 2.05) is 0 Å². The summed E-state index contributed by atoms with van der Waals surface area (Å²) in [6.07, 6.45) is 23.1. The van der Waals surface area contributed by atoms with E-state index >= 15 is 0 Å². The Bertz CT molecular complexity index is 540. The summed E-state index contributed by atoms with van der Waals surface area (Å²) in [7, 11) is 0. The first-order valence-electron chi connectivity index (χ1n) is 15.8. The normalized spacial score (nSPS) is 11.6. The summed E-state index contributed by atoms with van der Waals surface area (Å²) in [5, 5.41) is 28.9. The summed E-state index contributed by atoms with van der Waals surface area (Å²) in [4.78, 5) is 32.8. The number of carbonyl (C=O) groups excluding carboxylic acids is 1. The van der Waals surface area contributed by atoms with Crippen LogP contribution in [0.4, 0.5) is 0 Å². The number of quaternary nitrogens is 1. The first-order chi connectivity index (χ1) is 18.3. The molecule has 0 aromatic carbocycles. The molecule has 224 valence electrons. The van der Waals surface area contributed by atoms with E-state index in [1.165, 1.54) is 83.5 Å². The number of carboxylic acid groups (broad SMARTS) is 3. The molecule has 0 radical (unpaired) electrons. The van der Waals surface area contributed by atoms with E-state index in [4.69, 9.17) is 10.2 Å². The van der Waals surface area contributed by atoms with Crippen LogP contribution in [0.1, 0.15) is 155 Å². The maximum atomic E-state index is 11.0. The van der Waals surface area contributed by atoms with Crippen molar-refractivity contribution in [2.24, 2.45) is 0 Å². The van der Waals surface area contributed by atoms with Gasteiger partial charge in [0.15, 0.2) is 0 Å². The highest BCUT2D eigenvalue weighted by Gasteiger charge is 2.26. The van der Waals surface area contributed by atoms with Gasteiger partial charge in [-0.1, -0.05) is 84.0 Å². The van der Waals surface area contributed by atoms with Crippen LogP contribution in [0, 0.1) is 0 Å². The zero-order valence-electron chi connectivity index (χ0n) is 24.6. The molecule has 0 bridgehead atoms. The average molecular weight is 542 g/mol. The van der Waals surface area contributed by atoms with Gasteiger partial charge in [0.1, 0.15) is 0 Å². The Morgan fingerprint density at radius 3 is 1.08 bits per heavy atom. The molecule has 0 unspecified atom stereocenters. The van der Waals surface area contributed by atoms with Crippen molar-refractivity contribution in [3.8, 4) is 0 Å². The Morgan fingerprint density at radius 2 is 0.763 bits per heavy atom. The highest BCUT2D eigenvalue weighted by Crippen LogP contribution is 2.20. The number of rotatable bonds is 30. The second-order valence-corrected chi connectivity index (χ2v) is 11.4.